The van der Waals surface area contributed by atoms with Crippen molar-refractivity contribution in [2.45, 2.75) is 0 Å². The third kappa shape index (κ3) is 2.03. The van der Waals surface area contributed by atoms with Gasteiger partial charge in [0.1, 0.15) is 17.0 Å². The van der Waals surface area contributed by atoms with Crippen molar-refractivity contribution in [1.29, 1.82) is 0 Å². The van der Waals surface area contributed by atoms with Gasteiger partial charge < -0.3 is 15.5 Å². The summed E-state index contributed by atoms with van der Waals surface area (Å²) in [5.41, 5.74) is 6.27. The van der Waals surface area contributed by atoms with Crippen molar-refractivity contribution >= 4 is 28.5 Å². The van der Waals surface area contributed by atoms with Crippen LogP contribution < -0.4 is 11.1 Å². The molecule has 7 heteroatoms. The maximum absolute atomic E-state index is 13.5. The van der Waals surface area contributed by atoms with E-state index in [1.165, 1.54) is 0 Å². The normalized spacial score (nSPS) is 10.9. The minimum absolute atomic E-state index is 0.137. The van der Waals surface area contributed by atoms with E-state index in [4.69, 9.17) is 10.2 Å². The summed E-state index contributed by atoms with van der Waals surface area (Å²) in [6, 6.07) is 5.87. The Bertz CT molecular complexity index is 778. The molecule has 0 spiro atoms. The number of nitrogens with zero attached hydrogens (tertiary/aromatic N) is 1. The van der Waals surface area contributed by atoms with Crippen LogP contribution in [0.15, 0.2) is 34.7 Å². The summed E-state index contributed by atoms with van der Waals surface area (Å²) in [6.45, 7) is 0. The van der Waals surface area contributed by atoms with E-state index < -0.39 is 23.1 Å². The monoisotopic (exact) mass is 279 g/mol. The van der Waals surface area contributed by atoms with Crippen LogP contribution in [-0.2, 0) is 0 Å². The molecule has 1 aromatic heterocycles. The molecule has 0 aliphatic carbocycles. The highest BCUT2D eigenvalue weighted by atomic mass is 19.1. The topological polar surface area (TPSA) is 64.1 Å². The molecule has 4 nitrogen and oxygen atoms in total. The van der Waals surface area contributed by atoms with E-state index in [1.807, 2.05) is 0 Å². The van der Waals surface area contributed by atoms with E-state index >= 15 is 0 Å². The van der Waals surface area contributed by atoms with Gasteiger partial charge in [-0.3, -0.25) is 0 Å². The first-order chi connectivity index (χ1) is 9.54. The molecule has 0 atom stereocenters. The average Bonchev–Trinajstić information content (AvgIpc) is 2.78. The molecule has 0 aliphatic rings. The average molecular weight is 279 g/mol. The number of hydrogen-bond acceptors (Lipinski definition) is 4. The van der Waals surface area contributed by atoms with Gasteiger partial charge in [0.25, 0.3) is 0 Å². The Morgan fingerprint density at radius 1 is 1.10 bits per heavy atom. The summed E-state index contributed by atoms with van der Waals surface area (Å²) >= 11 is 0. The van der Waals surface area contributed by atoms with E-state index in [-0.39, 0.29) is 6.01 Å². The predicted octanol–water partition coefficient (Wildman–Crippen LogP) is 3.57. The minimum atomic E-state index is -1.09. The highest BCUT2D eigenvalue weighted by Gasteiger charge is 2.15. The van der Waals surface area contributed by atoms with E-state index in [1.54, 1.807) is 18.2 Å². The summed E-state index contributed by atoms with van der Waals surface area (Å²) in [5, 5.41) is 2.33. The van der Waals surface area contributed by atoms with Crippen molar-refractivity contribution in [1.82, 2.24) is 4.98 Å². The molecule has 0 aliphatic heterocycles. The molecule has 2 aromatic carbocycles. The zero-order valence-electron chi connectivity index (χ0n) is 9.95. The first-order valence-electron chi connectivity index (χ1n) is 5.61. The van der Waals surface area contributed by atoms with Gasteiger partial charge in [0.2, 0.25) is 0 Å². The smallest absolute Gasteiger partial charge is 0.300 e. The first kappa shape index (κ1) is 12.3. The second kappa shape index (κ2) is 4.44. The summed E-state index contributed by atoms with van der Waals surface area (Å²) < 4.78 is 45.1. The fraction of sp³-hybridized carbons (Fsp3) is 0. The third-order valence-electron chi connectivity index (χ3n) is 2.69. The van der Waals surface area contributed by atoms with Crippen molar-refractivity contribution < 1.29 is 17.6 Å². The van der Waals surface area contributed by atoms with Crippen molar-refractivity contribution in [2.75, 3.05) is 11.1 Å². The predicted molar refractivity (Wildman–Crippen MR) is 68.0 cm³/mol. The lowest BCUT2D eigenvalue weighted by molar-refractivity contribution is 0.545. The Balaban J connectivity index is 2.04. The number of benzene rings is 2. The maximum atomic E-state index is 13.5. The molecule has 0 radical (unpaired) electrons. The van der Waals surface area contributed by atoms with Crippen LogP contribution in [0, 0.1) is 17.5 Å². The number of nitrogens with one attached hydrogen (secondary N) is 1. The number of anilines is 3. The summed E-state index contributed by atoms with van der Waals surface area (Å²) in [7, 11) is 0. The summed E-state index contributed by atoms with van der Waals surface area (Å²) in [6.07, 6.45) is 0. The zero-order valence-corrected chi connectivity index (χ0v) is 9.95. The molecule has 20 heavy (non-hydrogen) atoms. The molecule has 1 heterocycles. The number of nitrogen functional groups attached to an aromatic ring is 1. The van der Waals surface area contributed by atoms with E-state index in [9.17, 15) is 13.2 Å². The second-order valence-electron chi connectivity index (χ2n) is 4.08. The van der Waals surface area contributed by atoms with Crippen LogP contribution in [0.25, 0.3) is 11.1 Å². The van der Waals surface area contributed by atoms with Crippen LogP contribution in [-0.4, -0.2) is 4.98 Å². The first-order valence-corrected chi connectivity index (χ1v) is 5.61. The van der Waals surface area contributed by atoms with Gasteiger partial charge >= 0.3 is 6.01 Å². The lowest BCUT2D eigenvalue weighted by Gasteiger charge is -2.04. The standard InChI is InChI=1S/C13H8F3N3O/c14-6-4-7(15)11(8(16)5-6)18-13-19-12-9(17)2-1-3-10(12)20-13/h1-5H,17H2,(H,18,19). The van der Waals surface area contributed by atoms with E-state index in [0.29, 0.717) is 28.9 Å². The Kier molecular flexibility index (Phi) is 2.74. The van der Waals surface area contributed by atoms with Crippen molar-refractivity contribution in [3.05, 3.63) is 47.8 Å². The van der Waals surface area contributed by atoms with Gasteiger partial charge in [0.15, 0.2) is 17.2 Å². The number of fused-ring (bicyclic) bond motifs is 1. The van der Waals surface area contributed by atoms with Crippen LogP contribution in [0.1, 0.15) is 0 Å². The zero-order chi connectivity index (χ0) is 14.3. The van der Waals surface area contributed by atoms with E-state index in [2.05, 4.69) is 10.3 Å². The number of para-hydroxylation sites is 1. The molecule has 0 bridgehead atoms. The van der Waals surface area contributed by atoms with Gasteiger partial charge in [-0.1, -0.05) is 6.07 Å². The van der Waals surface area contributed by atoms with Crippen LogP contribution in [0.4, 0.5) is 30.6 Å². The van der Waals surface area contributed by atoms with Crippen molar-refractivity contribution in [3.8, 4) is 0 Å². The fourth-order valence-electron chi connectivity index (χ4n) is 1.79. The molecule has 0 saturated heterocycles. The summed E-state index contributed by atoms with van der Waals surface area (Å²) in [5.74, 6) is -3.18. The van der Waals surface area contributed by atoms with Crippen molar-refractivity contribution in [2.24, 2.45) is 0 Å². The number of rotatable bonds is 2. The summed E-state index contributed by atoms with van der Waals surface area (Å²) in [4.78, 5) is 3.98. The Hall–Kier alpha value is -2.70. The second-order valence-corrected chi connectivity index (χ2v) is 4.08. The highest BCUT2D eigenvalue weighted by Crippen LogP contribution is 2.28. The molecule has 3 N–H and O–H groups in total. The minimum Gasteiger partial charge on any atom is -0.423 e. The molecule has 0 unspecified atom stereocenters. The maximum Gasteiger partial charge on any atom is 0.300 e. The van der Waals surface area contributed by atoms with Crippen LogP contribution in [0.5, 0.6) is 0 Å². The number of nitrogens with two attached hydrogens (primary N) is 1. The number of oxazole rings is 1. The van der Waals surface area contributed by atoms with Gasteiger partial charge in [-0.05, 0) is 12.1 Å². The molecule has 0 saturated carbocycles. The molecule has 3 rings (SSSR count). The van der Waals surface area contributed by atoms with Gasteiger partial charge in [-0.2, -0.15) is 4.98 Å². The van der Waals surface area contributed by atoms with Gasteiger partial charge in [-0.25, -0.2) is 13.2 Å². The third-order valence-corrected chi connectivity index (χ3v) is 2.69. The number of halogens is 3. The largest absolute Gasteiger partial charge is 0.423 e. The highest BCUT2D eigenvalue weighted by molar-refractivity contribution is 5.86. The SMILES string of the molecule is Nc1cccc2oc(Nc3c(F)cc(F)cc3F)nc12. The Labute approximate surface area is 111 Å². The van der Waals surface area contributed by atoms with Gasteiger partial charge in [0.05, 0.1) is 5.69 Å². The van der Waals surface area contributed by atoms with Gasteiger partial charge in [-0.15, -0.1) is 0 Å². The molecular weight excluding hydrogens is 271 g/mol. The lowest BCUT2D eigenvalue weighted by Crippen LogP contribution is -1.98. The molecule has 3 aromatic rings. The number of hydrogen-bond donors (Lipinski definition) is 2. The lowest BCUT2D eigenvalue weighted by atomic mass is 10.3. The van der Waals surface area contributed by atoms with Crippen LogP contribution in [0.3, 0.4) is 0 Å². The van der Waals surface area contributed by atoms with Gasteiger partial charge in [0, 0.05) is 12.1 Å². The Morgan fingerprint density at radius 2 is 1.80 bits per heavy atom. The molecule has 0 amide bonds. The molecule has 0 fully saturated rings. The molecule has 102 valence electrons. The fourth-order valence-corrected chi connectivity index (χ4v) is 1.79. The Morgan fingerprint density at radius 3 is 2.45 bits per heavy atom. The molecular formula is C13H8F3N3O. The quantitative estimate of drug-likeness (QED) is 0.704. The van der Waals surface area contributed by atoms with Crippen molar-refractivity contribution in [3.63, 3.8) is 0 Å². The van der Waals surface area contributed by atoms with Crippen LogP contribution >= 0.6 is 0 Å². The number of aromatic nitrogens is 1. The van der Waals surface area contributed by atoms with Crippen LogP contribution in [0.2, 0.25) is 0 Å². The van der Waals surface area contributed by atoms with E-state index in [0.717, 1.165) is 0 Å².